The molecule has 0 saturated carbocycles. The molecule has 0 radical (unpaired) electrons. The lowest BCUT2D eigenvalue weighted by Gasteiger charge is -2.32. The molecule has 37 heavy (non-hydrogen) atoms. The lowest BCUT2D eigenvalue weighted by Crippen LogP contribution is -2.45. The second kappa shape index (κ2) is 12.6. The number of hydrogen-bond donors (Lipinski definition) is 1. The summed E-state index contributed by atoms with van der Waals surface area (Å²) in [6, 6.07) is 23.1. The fraction of sp³-hybridized carbons (Fsp3) is 0.241. The van der Waals surface area contributed by atoms with Crippen molar-refractivity contribution in [2.75, 3.05) is 19.7 Å². The molecule has 0 spiro atoms. The van der Waals surface area contributed by atoms with Crippen molar-refractivity contribution in [2.24, 2.45) is 0 Å². The summed E-state index contributed by atoms with van der Waals surface area (Å²) in [7, 11) is 0. The number of nitrogens with one attached hydrogen (secondary N) is 1. The van der Waals surface area contributed by atoms with Gasteiger partial charge >= 0.3 is 0 Å². The number of ketones is 1. The van der Waals surface area contributed by atoms with Crippen molar-refractivity contribution in [2.45, 2.75) is 25.4 Å². The van der Waals surface area contributed by atoms with Crippen LogP contribution in [0.5, 0.6) is 5.75 Å². The number of benzene rings is 3. The van der Waals surface area contributed by atoms with Crippen molar-refractivity contribution >= 4 is 23.5 Å². The van der Waals surface area contributed by atoms with Crippen molar-refractivity contribution in [3.63, 3.8) is 0 Å². The van der Waals surface area contributed by atoms with E-state index in [0.29, 0.717) is 11.3 Å². The molecule has 3 aromatic carbocycles. The van der Waals surface area contributed by atoms with Crippen LogP contribution < -0.4 is 10.1 Å². The summed E-state index contributed by atoms with van der Waals surface area (Å²) in [5.74, 6) is 0.170. The molecule has 1 saturated heterocycles. The van der Waals surface area contributed by atoms with Crippen molar-refractivity contribution in [1.29, 1.82) is 0 Å². The van der Waals surface area contributed by atoms with Gasteiger partial charge in [-0.3, -0.25) is 24.6 Å². The van der Waals surface area contributed by atoms with Crippen LogP contribution in [-0.4, -0.2) is 47.3 Å². The van der Waals surface area contributed by atoms with Crippen LogP contribution >= 0.6 is 0 Å². The Labute approximate surface area is 215 Å². The third-order valence-corrected chi connectivity index (χ3v) is 6.24. The predicted octanol–water partition coefficient (Wildman–Crippen LogP) is 4.65. The summed E-state index contributed by atoms with van der Waals surface area (Å²) in [5.41, 5.74) is 2.40. The minimum Gasteiger partial charge on any atom is -0.484 e. The highest BCUT2D eigenvalue weighted by atomic mass is 16.6. The van der Waals surface area contributed by atoms with Gasteiger partial charge in [-0.1, -0.05) is 48.5 Å². The standard InChI is InChI=1S/C29H29N3O5/c33-28(24-9-11-26(12-10-24)32(35)36)15-8-22-6-13-27(14-7-22)37-21-29(34)30-25-16-18-31(19-17-25)20-23-4-2-1-3-5-23/h1-15,25H,16-21H2,(H,30,34)/b15-8+. The van der Waals surface area contributed by atoms with Crippen LogP contribution in [0.4, 0.5) is 5.69 Å². The molecule has 1 fully saturated rings. The zero-order valence-electron chi connectivity index (χ0n) is 20.4. The molecule has 0 aliphatic carbocycles. The van der Waals surface area contributed by atoms with E-state index in [-0.39, 0.29) is 30.0 Å². The van der Waals surface area contributed by atoms with Crippen LogP contribution in [0.1, 0.15) is 34.3 Å². The molecule has 1 amide bonds. The van der Waals surface area contributed by atoms with E-state index in [9.17, 15) is 19.7 Å². The summed E-state index contributed by atoms with van der Waals surface area (Å²) >= 11 is 0. The Bertz CT molecular complexity index is 1230. The highest BCUT2D eigenvalue weighted by Gasteiger charge is 2.20. The molecular weight excluding hydrogens is 470 g/mol. The SMILES string of the molecule is O=C(COc1ccc(/C=C/C(=O)c2ccc([N+](=O)[O-])cc2)cc1)NC1CCN(Cc2ccccc2)CC1. The van der Waals surface area contributed by atoms with E-state index < -0.39 is 4.92 Å². The van der Waals surface area contributed by atoms with Gasteiger partial charge in [-0.25, -0.2) is 0 Å². The number of nitro groups is 1. The quantitative estimate of drug-likeness (QED) is 0.189. The Kier molecular flexibility index (Phi) is 8.78. The average Bonchev–Trinajstić information content (AvgIpc) is 2.93. The van der Waals surface area contributed by atoms with Gasteiger partial charge < -0.3 is 10.1 Å². The molecule has 0 unspecified atom stereocenters. The van der Waals surface area contributed by atoms with Crippen molar-refractivity contribution < 1.29 is 19.2 Å². The first-order valence-electron chi connectivity index (χ1n) is 12.2. The van der Waals surface area contributed by atoms with Gasteiger partial charge in [0.25, 0.3) is 11.6 Å². The van der Waals surface area contributed by atoms with Gasteiger partial charge in [-0.05, 0) is 54.3 Å². The molecule has 0 bridgehead atoms. The molecule has 1 heterocycles. The van der Waals surface area contributed by atoms with Gasteiger partial charge in [-0.2, -0.15) is 0 Å². The van der Waals surface area contributed by atoms with Gasteiger partial charge in [-0.15, -0.1) is 0 Å². The molecule has 0 aromatic heterocycles. The van der Waals surface area contributed by atoms with Gasteiger partial charge in [0.05, 0.1) is 4.92 Å². The maximum absolute atomic E-state index is 12.4. The Morgan fingerprint density at radius 1 is 0.973 bits per heavy atom. The highest BCUT2D eigenvalue weighted by Crippen LogP contribution is 2.16. The topological polar surface area (TPSA) is 102 Å². The first-order chi connectivity index (χ1) is 18.0. The van der Waals surface area contributed by atoms with Gasteiger partial charge in [0, 0.05) is 43.4 Å². The van der Waals surface area contributed by atoms with Crippen molar-refractivity contribution in [3.05, 3.63) is 112 Å². The van der Waals surface area contributed by atoms with E-state index in [0.717, 1.165) is 38.0 Å². The van der Waals surface area contributed by atoms with E-state index in [1.807, 2.05) is 6.07 Å². The molecule has 0 atom stereocenters. The number of nitrogens with zero attached hydrogens (tertiary/aromatic N) is 2. The number of carbonyl (C=O) groups is 2. The number of allylic oxidation sites excluding steroid dienone is 1. The second-order valence-corrected chi connectivity index (χ2v) is 8.96. The second-order valence-electron chi connectivity index (χ2n) is 8.96. The fourth-order valence-corrected chi connectivity index (χ4v) is 4.19. The highest BCUT2D eigenvalue weighted by molar-refractivity contribution is 6.06. The molecule has 1 aliphatic heterocycles. The van der Waals surface area contributed by atoms with Gasteiger partial charge in [0.2, 0.25) is 0 Å². The zero-order valence-corrected chi connectivity index (χ0v) is 20.4. The lowest BCUT2D eigenvalue weighted by molar-refractivity contribution is -0.384. The number of likely N-dealkylation sites (tertiary alicyclic amines) is 1. The number of nitro benzene ring substituents is 1. The van der Waals surface area contributed by atoms with Crippen molar-refractivity contribution in [1.82, 2.24) is 10.2 Å². The number of carbonyl (C=O) groups excluding carboxylic acids is 2. The number of ether oxygens (including phenoxy) is 1. The number of non-ortho nitro benzene ring substituents is 1. The van der Waals surface area contributed by atoms with Crippen LogP contribution in [0.2, 0.25) is 0 Å². The minimum atomic E-state index is -0.506. The molecule has 8 nitrogen and oxygen atoms in total. The number of piperidine rings is 1. The van der Waals surface area contributed by atoms with E-state index >= 15 is 0 Å². The van der Waals surface area contributed by atoms with E-state index in [1.165, 1.54) is 35.9 Å². The average molecular weight is 500 g/mol. The number of hydrogen-bond acceptors (Lipinski definition) is 6. The summed E-state index contributed by atoms with van der Waals surface area (Å²) in [6.07, 6.45) is 4.90. The molecule has 190 valence electrons. The fourth-order valence-electron chi connectivity index (χ4n) is 4.19. The normalized spacial score (nSPS) is 14.4. The third kappa shape index (κ3) is 7.85. The van der Waals surface area contributed by atoms with Crippen LogP contribution in [0.25, 0.3) is 6.08 Å². The first-order valence-corrected chi connectivity index (χ1v) is 12.2. The molecular formula is C29H29N3O5. The summed E-state index contributed by atoms with van der Waals surface area (Å²) in [5, 5.41) is 13.8. The van der Waals surface area contributed by atoms with Crippen LogP contribution in [-0.2, 0) is 11.3 Å². The predicted molar refractivity (Wildman–Crippen MR) is 141 cm³/mol. The molecule has 4 rings (SSSR count). The Morgan fingerprint density at radius 2 is 1.65 bits per heavy atom. The largest absolute Gasteiger partial charge is 0.484 e. The molecule has 3 aromatic rings. The Morgan fingerprint density at radius 3 is 2.30 bits per heavy atom. The molecule has 8 heteroatoms. The number of rotatable bonds is 10. The number of amides is 1. The van der Waals surface area contributed by atoms with Crippen molar-refractivity contribution in [3.8, 4) is 5.75 Å². The van der Waals surface area contributed by atoms with E-state index in [1.54, 1.807) is 30.3 Å². The molecule has 1 aliphatic rings. The Balaban J connectivity index is 1.17. The smallest absolute Gasteiger partial charge is 0.269 e. The first kappa shape index (κ1) is 25.8. The van der Waals surface area contributed by atoms with Gasteiger partial charge in [0.15, 0.2) is 12.4 Å². The molecule has 1 N–H and O–H groups in total. The summed E-state index contributed by atoms with van der Waals surface area (Å²) in [6.45, 7) is 2.77. The lowest BCUT2D eigenvalue weighted by atomic mass is 10.0. The third-order valence-electron chi connectivity index (χ3n) is 6.24. The minimum absolute atomic E-state index is 0.0575. The van der Waals surface area contributed by atoms with Crippen LogP contribution in [0, 0.1) is 10.1 Å². The van der Waals surface area contributed by atoms with E-state index in [4.69, 9.17) is 4.74 Å². The maximum Gasteiger partial charge on any atom is 0.269 e. The van der Waals surface area contributed by atoms with Crippen LogP contribution in [0.15, 0.2) is 84.9 Å². The Hall–Kier alpha value is -4.30. The maximum atomic E-state index is 12.4. The monoisotopic (exact) mass is 499 g/mol. The van der Waals surface area contributed by atoms with Gasteiger partial charge in [0.1, 0.15) is 5.75 Å². The summed E-state index contributed by atoms with van der Waals surface area (Å²) in [4.78, 5) is 37.3. The zero-order chi connectivity index (χ0) is 26.0. The van der Waals surface area contributed by atoms with Crippen LogP contribution in [0.3, 0.4) is 0 Å². The summed E-state index contributed by atoms with van der Waals surface area (Å²) < 4.78 is 5.62. The van der Waals surface area contributed by atoms with E-state index in [2.05, 4.69) is 34.5 Å².